The highest BCUT2D eigenvalue weighted by atomic mass is 15.2. The van der Waals surface area contributed by atoms with Gasteiger partial charge in [0.2, 0.25) is 0 Å². The topological polar surface area (TPSA) is 28.2 Å². The van der Waals surface area contributed by atoms with Gasteiger partial charge < -0.3 is 10.2 Å². The summed E-state index contributed by atoms with van der Waals surface area (Å²) < 4.78 is 0. The summed E-state index contributed by atoms with van der Waals surface area (Å²) in [5.41, 5.74) is 2.42. The molecule has 0 aliphatic heterocycles. The lowest BCUT2D eigenvalue weighted by Gasteiger charge is -2.30. The Labute approximate surface area is 118 Å². The van der Waals surface area contributed by atoms with Crippen LogP contribution in [0, 0.1) is 6.92 Å². The van der Waals surface area contributed by atoms with Gasteiger partial charge in [0.25, 0.3) is 0 Å². The maximum absolute atomic E-state index is 4.80. The minimum atomic E-state index is 0.550. The van der Waals surface area contributed by atoms with E-state index in [1.54, 1.807) is 0 Å². The Hall–Kier alpha value is -1.09. The molecule has 1 N–H and O–H groups in total. The number of hydrogen-bond donors (Lipinski definition) is 1. The smallest absolute Gasteiger partial charge is 0.129 e. The second-order valence-electron chi connectivity index (χ2n) is 5.25. The molecule has 0 fully saturated rings. The van der Waals surface area contributed by atoms with E-state index in [9.17, 15) is 0 Å². The van der Waals surface area contributed by atoms with E-state index in [4.69, 9.17) is 4.98 Å². The molecular weight excluding hydrogens is 234 g/mol. The van der Waals surface area contributed by atoms with Gasteiger partial charge in [-0.1, -0.05) is 26.3 Å². The molecule has 1 aromatic heterocycles. The Morgan fingerprint density at radius 3 is 2.58 bits per heavy atom. The first kappa shape index (κ1) is 16.0. The summed E-state index contributed by atoms with van der Waals surface area (Å²) in [6, 6.07) is 4.92. The number of rotatable bonds is 8. The van der Waals surface area contributed by atoms with Gasteiger partial charge in [-0.05, 0) is 45.4 Å². The standard InChI is InChI=1S/C16H29N3/c1-6-8-11-19(13(3)7-2)16-10-9-15(12-17-5)14(4)18-16/h9-10,13,17H,6-8,11-12H2,1-5H3. The second kappa shape index (κ2) is 8.16. The number of aryl methyl sites for hydroxylation is 1. The summed E-state index contributed by atoms with van der Waals surface area (Å²) in [4.78, 5) is 7.24. The zero-order valence-electron chi connectivity index (χ0n) is 13.2. The fraction of sp³-hybridized carbons (Fsp3) is 0.688. The van der Waals surface area contributed by atoms with E-state index in [2.05, 4.69) is 50.0 Å². The first-order chi connectivity index (χ1) is 9.13. The fourth-order valence-corrected chi connectivity index (χ4v) is 2.22. The highest BCUT2D eigenvalue weighted by molar-refractivity contribution is 5.42. The largest absolute Gasteiger partial charge is 0.354 e. The molecule has 1 unspecified atom stereocenters. The van der Waals surface area contributed by atoms with Crippen molar-refractivity contribution in [3.63, 3.8) is 0 Å². The van der Waals surface area contributed by atoms with Crippen LogP contribution in [0.4, 0.5) is 5.82 Å². The van der Waals surface area contributed by atoms with E-state index in [0.29, 0.717) is 6.04 Å². The van der Waals surface area contributed by atoms with E-state index in [0.717, 1.165) is 31.0 Å². The Morgan fingerprint density at radius 2 is 2.05 bits per heavy atom. The molecule has 1 atom stereocenters. The monoisotopic (exact) mass is 263 g/mol. The summed E-state index contributed by atoms with van der Waals surface area (Å²) in [7, 11) is 1.97. The summed E-state index contributed by atoms with van der Waals surface area (Å²) >= 11 is 0. The van der Waals surface area contributed by atoms with E-state index >= 15 is 0 Å². The van der Waals surface area contributed by atoms with Crippen LogP contribution in [0.15, 0.2) is 12.1 Å². The normalized spacial score (nSPS) is 12.5. The van der Waals surface area contributed by atoms with Crippen LogP contribution in [0.25, 0.3) is 0 Å². The van der Waals surface area contributed by atoms with Crippen molar-refractivity contribution in [1.29, 1.82) is 0 Å². The molecule has 0 aliphatic carbocycles. The molecule has 1 aromatic rings. The van der Waals surface area contributed by atoms with Crippen LogP contribution in [0.5, 0.6) is 0 Å². The molecular formula is C16H29N3. The van der Waals surface area contributed by atoms with E-state index in [-0.39, 0.29) is 0 Å². The molecule has 3 heteroatoms. The van der Waals surface area contributed by atoms with Crippen molar-refractivity contribution in [3.8, 4) is 0 Å². The molecule has 0 spiro atoms. The molecule has 3 nitrogen and oxygen atoms in total. The third-order valence-corrected chi connectivity index (χ3v) is 3.72. The maximum Gasteiger partial charge on any atom is 0.129 e. The summed E-state index contributed by atoms with van der Waals surface area (Å²) in [5, 5.41) is 3.19. The van der Waals surface area contributed by atoms with Gasteiger partial charge in [0.1, 0.15) is 5.82 Å². The lowest BCUT2D eigenvalue weighted by molar-refractivity contribution is 0.588. The number of aromatic nitrogens is 1. The number of nitrogens with zero attached hydrogens (tertiary/aromatic N) is 2. The van der Waals surface area contributed by atoms with Gasteiger partial charge >= 0.3 is 0 Å². The first-order valence-electron chi connectivity index (χ1n) is 7.51. The third kappa shape index (κ3) is 4.50. The maximum atomic E-state index is 4.80. The van der Waals surface area contributed by atoms with Crippen LogP contribution < -0.4 is 10.2 Å². The van der Waals surface area contributed by atoms with Crippen LogP contribution in [0.1, 0.15) is 51.3 Å². The molecule has 0 saturated carbocycles. The van der Waals surface area contributed by atoms with Gasteiger partial charge in [0.15, 0.2) is 0 Å². The molecule has 1 rings (SSSR count). The molecule has 0 aromatic carbocycles. The number of pyridine rings is 1. The van der Waals surface area contributed by atoms with Crippen molar-refractivity contribution in [2.75, 3.05) is 18.5 Å². The van der Waals surface area contributed by atoms with Gasteiger partial charge in [0.05, 0.1) is 0 Å². The third-order valence-electron chi connectivity index (χ3n) is 3.72. The minimum absolute atomic E-state index is 0.550. The van der Waals surface area contributed by atoms with Crippen molar-refractivity contribution in [2.24, 2.45) is 0 Å². The Balaban J connectivity index is 2.92. The predicted octanol–water partition coefficient (Wildman–Crippen LogP) is 3.51. The quantitative estimate of drug-likeness (QED) is 0.778. The minimum Gasteiger partial charge on any atom is -0.354 e. The van der Waals surface area contributed by atoms with Gasteiger partial charge in [-0.3, -0.25) is 0 Å². The lowest BCUT2D eigenvalue weighted by Crippen LogP contribution is -2.34. The lowest BCUT2D eigenvalue weighted by atomic mass is 10.1. The highest BCUT2D eigenvalue weighted by Crippen LogP contribution is 2.19. The average Bonchev–Trinajstić information content (AvgIpc) is 2.41. The number of nitrogens with one attached hydrogen (secondary N) is 1. The number of unbranched alkanes of at least 4 members (excludes halogenated alkanes) is 1. The van der Waals surface area contributed by atoms with Crippen molar-refractivity contribution >= 4 is 5.82 Å². The zero-order chi connectivity index (χ0) is 14.3. The fourth-order valence-electron chi connectivity index (χ4n) is 2.22. The second-order valence-corrected chi connectivity index (χ2v) is 5.25. The predicted molar refractivity (Wildman–Crippen MR) is 83.7 cm³/mol. The van der Waals surface area contributed by atoms with Gasteiger partial charge in [-0.15, -0.1) is 0 Å². The van der Waals surface area contributed by atoms with E-state index in [1.807, 2.05) is 7.05 Å². The van der Waals surface area contributed by atoms with Gasteiger partial charge in [-0.25, -0.2) is 4.98 Å². The first-order valence-corrected chi connectivity index (χ1v) is 7.51. The Kier molecular flexibility index (Phi) is 6.85. The van der Waals surface area contributed by atoms with Crippen LogP contribution >= 0.6 is 0 Å². The highest BCUT2D eigenvalue weighted by Gasteiger charge is 2.14. The van der Waals surface area contributed by atoms with Gasteiger partial charge in [-0.2, -0.15) is 0 Å². The summed E-state index contributed by atoms with van der Waals surface area (Å²) in [5.74, 6) is 1.13. The van der Waals surface area contributed by atoms with Crippen molar-refractivity contribution < 1.29 is 0 Å². The molecule has 0 amide bonds. The Bertz CT molecular complexity index is 376. The van der Waals surface area contributed by atoms with Crippen LogP contribution in [-0.2, 0) is 6.54 Å². The zero-order valence-corrected chi connectivity index (χ0v) is 13.2. The SMILES string of the molecule is CCCCN(c1ccc(CNC)c(C)n1)C(C)CC. The van der Waals surface area contributed by atoms with Crippen LogP contribution in [0.3, 0.4) is 0 Å². The van der Waals surface area contributed by atoms with Gasteiger partial charge in [0, 0.05) is 24.8 Å². The van der Waals surface area contributed by atoms with Crippen molar-refractivity contribution in [2.45, 2.75) is 59.5 Å². The molecule has 0 aliphatic rings. The van der Waals surface area contributed by atoms with Crippen LogP contribution in [0.2, 0.25) is 0 Å². The van der Waals surface area contributed by atoms with E-state index in [1.165, 1.54) is 18.4 Å². The molecule has 19 heavy (non-hydrogen) atoms. The van der Waals surface area contributed by atoms with E-state index < -0.39 is 0 Å². The number of anilines is 1. The summed E-state index contributed by atoms with van der Waals surface area (Å²) in [6.45, 7) is 10.9. The van der Waals surface area contributed by atoms with Crippen molar-refractivity contribution in [1.82, 2.24) is 10.3 Å². The molecule has 0 saturated heterocycles. The Morgan fingerprint density at radius 1 is 1.32 bits per heavy atom. The van der Waals surface area contributed by atoms with Crippen molar-refractivity contribution in [3.05, 3.63) is 23.4 Å². The number of hydrogen-bond acceptors (Lipinski definition) is 3. The molecule has 0 bridgehead atoms. The molecule has 0 radical (unpaired) electrons. The summed E-state index contributed by atoms with van der Waals surface area (Å²) in [6.07, 6.45) is 3.61. The average molecular weight is 263 g/mol. The molecule has 1 heterocycles. The van der Waals surface area contributed by atoms with Crippen LogP contribution in [-0.4, -0.2) is 24.6 Å². The molecule has 108 valence electrons.